The third kappa shape index (κ3) is 4.92. The quantitative estimate of drug-likeness (QED) is 0.536. The van der Waals surface area contributed by atoms with E-state index in [4.69, 9.17) is 4.74 Å². The number of ether oxygens (including phenoxy) is 1. The summed E-state index contributed by atoms with van der Waals surface area (Å²) in [6.07, 6.45) is 5.01. The Labute approximate surface area is 172 Å². The van der Waals surface area contributed by atoms with Gasteiger partial charge in [0.2, 0.25) is 0 Å². The van der Waals surface area contributed by atoms with Crippen LogP contribution in [0.15, 0.2) is 54.7 Å². The molecule has 2 aromatic carbocycles. The number of aromatic nitrogens is 1. The van der Waals surface area contributed by atoms with E-state index in [-0.39, 0.29) is 6.10 Å². The second-order valence-corrected chi connectivity index (χ2v) is 7.96. The van der Waals surface area contributed by atoms with Crippen LogP contribution in [-0.4, -0.2) is 54.4 Å². The summed E-state index contributed by atoms with van der Waals surface area (Å²) < 4.78 is 5.17. The van der Waals surface area contributed by atoms with Crippen molar-refractivity contribution in [2.45, 2.75) is 31.3 Å². The van der Waals surface area contributed by atoms with Crippen LogP contribution in [0.25, 0.3) is 10.9 Å². The Morgan fingerprint density at radius 2 is 1.90 bits per heavy atom. The molecule has 5 nitrogen and oxygen atoms in total. The molecule has 0 radical (unpaired) electrons. The lowest BCUT2D eigenvalue weighted by molar-refractivity contribution is 0.138. The molecular weight excluding hydrogens is 362 g/mol. The molecule has 3 aromatic rings. The zero-order valence-electron chi connectivity index (χ0n) is 17.1. The van der Waals surface area contributed by atoms with Crippen LogP contribution in [0.4, 0.5) is 5.69 Å². The first-order valence-corrected chi connectivity index (χ1v) is 10.6. The minimum atomic E-state index is -0.344. The number of piperidine rings is 1. The fourth-order valence-corrected chi connectivity index (χ4v) is 4.28. The van der Waals surface area contributed by atoms with Crippen LogP contribution in [0.2, 0.25) is 0 Å². The molecule has 1 fully saturated rings. The van der Waals surface area contributed by atoms with Crippen molar-refractivity contribution in [2.24, 2.45) is 0 Å². The van der Waals surface area contributed by atoms with Crippen LogP contribution in [0.3, 0.4) is 0 Å². The van der Waals surface area contributed by atoms with Crippen LogP contribution < -0.4 is 10.1 Å². The van der Waals surface area contributed by atoms with E-state index in [1.807, 2.05) is 24.3 Å². The van der Waals surface area contributed by atoms with Crippen molar-refractivity contribution in [3.8, 4) is 5.75 Å². The molecule has 1 aliphatic heterocycles. The maximum Gasteiger partial charge on any atom is 0.119 e. The Balaban J connectivity index is 1.19. The Hall–Kier alpha value is -2.50. The third-order valence-electron chi connectivity index (χ3n) is 6.06. The highest BCUT2D eigenvalue weighted by Gasteiger charge is 2.23. The molecule has 5 heteroatoms. The molecule has 154 valence electrons. The number of nitrogens with one attached hydrogen (secondary N) is 2. The summed E-state index contributed by atoms with van der Waals surface area (Å²) in [5.41, 5.74) is 3.70. The molecule has 0 saturated carbocycles. The Kier molecular flexibility index (Phi) is 6.37. The number of hydrogen-bond acceptors (Lipinski definition) is 4. The Morgan fingerprint density at radius 3 is 2.66 bits per heavy atom. The van der Waals surface area contributed by atoms with Crippen molar-refractivity contribution in [1.29, 1.82) is 0 Å². The van der Waals surface area contributed by atoms with Gasteiger partial charge in [0.15, 0.2) is 0 Å². The molecule has 2 heterocycles. The van der Waals surface area contributed by atoms with Crippen molar-refractivity contribution >= 4 is 16.6 Å². The van der Waals surface area contributed by atoms with E-state index in [0.717, 1.165) is 37.5 Å². The molecule has 1 unspecified atom stereocenters. The first-order chi connectivity index (χ1) is 14.2. The number of benzene rings is 2. The minimum absolute atomic E-state index is 0.344. The van der Waals surface area contributed by atoms with Gasteiger partial charge in [-0.3, -0.25) is 0 Å². The van der Waals surface area contributed by atoms with Gasteiger partial charge in [0.1, 0.15) is 5.75 Å². The monoisotopic (exact) mass is 393 g/mol. The molecule has 0 amide bonds. The minimum Gasteiger partial charge on any atom is -0.497 e. The SMILES string of the molecule is COc1ccc(NCC(O)CCN2CCC(c3c[nH]c4ccccc34)CC2)cc1. The molecule has 1 atom stereocenters. The normalized spacial score (nSPS) is 16.8. The van der Waals surface area contributed by atoms with Crippen molar-refractivity contribution in [2.75, 3.05) is 38.6 Å². The lowest BCUT2D eigenvalue weighted by Gasteiger charge is -2.32. The fraction of sp³-hybridized carbons (Fsp3) is 0.417. The van der Waals surface area contributed by atoms with E-state index in [1.165, 1.54) is 29.3 Å². The predicted molar refractivity (Wildman–Crippen MR) is 119 cm³/mol. The number of aliphatic hydroxyl groups is 1. The highest BCUT2D eigenvalue weighted by molar-refractivity contribution is 5.83. The second-order valence-electron chi connectivity index (χ2n) is 7.96. The number of methoxy groups -OCH3 is 1. The van der Waals surface area contributed by atoms with Gasteiger partial charge in [-0.15, -0.1) is 0 Å². The molecule has 3 N–H and O–H groups in total. The van der Waals surface area contributed by atoms with Gasteiger partial charge in [-0.2, -0.15) is 0 Å². The number of hydrogen-bond donors (Lipinski definition) is 3. The number of anilines is 1. The summed E-state index contributed by atoms with van der Waals surface area (Å²) in [5, 5.41) is 15.0. The van der Waals surface area contributed by atoms with E-state index in [2.05, 4.69) is 45.7 Å². The van der Waals surface area contributed by atoms with Crippen LogP contribution in [0, 0.1) is 0 Å². The van der Waals surface area contributed by atoms with E-state index < -0.39 is 0 Å². The van der Waals surface area contributed by atoms with Gasteiger partial charge < -0.3 is 25.0 Å². The molecule has 0 aliphatic carbocycles. The number of aliphatic hydroxyl groups excluding tert-OH is 1. The van der Waals surface area contributed by atoms with Crippen molar-refractivity contribution in [3.63, 3.8) is 0 Å². The zero-order chi connectivity index (χ0) is 20.1. The molecule has 1 aromatic heterocycles. The van der Waals surface area contributed by atoms with E-state index in [0.29, 0.717) is 12.5 Å². The molecule has 1 saturated heterocycles. The van der Waals surface area contributed by atoms with Crippen LogP contribution >= 0.6 is 0 Å². The average molecular weight is 394 g/mol. The topological polar surface area (TPSA) is 60.5 Å². The molecule has 0 spiro atoms. The zero-order valence-corrected chi connectivity index (χ0v) is 17.1. The predicted octanol–water partition coefficient (Wildman–Crippen LogP) is 4.22. The highest BCUT2D eigenvalue weighted by Crippen LogP contribution is 2.33. The van der Waals surface area contributed by atoms with Gasteiger partial charge in [-0.25, -0.2) is 0 Å². The van der Waals surface area contributed by atoms with Gasteiger partial charge in [-0.1, -0.05) is 18.2 Å². The maximum atomic E-state index is 10.3. The lowest BCUT2D eigenvalue weighted by atomic mass is 9.89. The maximum absolute atomic E-state index is 10.3. The second kappa shape index (κ2) is 9.33. The average Bonchev–Trinajstić information content (AvgIpc) is 3.21. The van der Waals surface area contributed by atoms with Gasteiger partial charge in [-0.05, 0) is 74.2 Å². The Bertz CT molecular complexity index is 898. The number of rotatable bonds is 8. The van der Waals surface area contributed by atoms with Crippen LogP contribution in [0.1, 0.15) is 30.7 Å². The number of likely N-dealkylation sites (tertiary alicyclic amines) is 1. The summed E-state index contributed by atoms with van der Waals surface area (Å²) in [7, 11) is 1.66. The summed E-state index contributed by atoms with van der Waals surface area (Å²) in [4.78, 5) is 5.90. The van der Waals surface area contributed by atoms with Gasteiger partial charge >= 0.3 is 0 Å². The number of H-pyrrole nitrogens is 1. The van der Waals surface area contributed by atoms with Crippen molar-refractivity contribution < 1.29 is 9.84 Å². The van der Waals surface area contributed by atoms with Crippen LogP contribution in [0.5, 0.6) is 5.75 Å². The van der Waals surface area contributed by atoms with E-state index in [1.54, 1.807) is 7.11 Å². The number of fused-ring (bicyclic) bond motifs is 1. The first kappa shape index (κ1) is 19.8. The fourth-order valence-electron chi connectivity index (χ4n) is 4.28. The van der Waals surface area contributed by atoms with E-state index >= 15 is 0 Å². The van der Waals surface area contributed by atoms with E-state index in [9.17, 15) is 5.11 Å². The van der Waals surface area contributed by atoms with Crippen molar-refractivity contribution in [3.05, 3.63) is 60.3 Å². The molecule has 1 aliphatic rings. The van der Waals surface area contributed by atoms with Gasteiger partial charge in [0, 0.05) is 35.9 Å². The summed E-state index contributed by atoms with van der Waals surface area (Å²) >= 11 is 0. The third-order valence-corrected chi connectivity index (χ3v) is 6.06. The number of aromatic amines is 1. The Morgan fingerprint density at radius 1 is 1.14 bits per heavy atom. The number of para-hydroxylation sites is 1. The standard InChI is InChI=1S/C24H31N3O2/c1-29-21-8-6-19(7-9-21)25-16-20(28)12-15-27-13-10-18(11-14-27)23-17-26-24-5-3-2-4-22(23)24/h2-9,17-18,20,25-26,28H,10-16H2,1H3. The highest BCUT2D eigenvalue weighted by atomic mass is 16.5. The summed E-state index contributed by atoms with van der Waals surface area (Å²) in [6.45, 7) is 3.72. The first-order valence-electron chi connectivity index (χ1n) is 10.6. The molecule has 29 heavy (non-hydrogen) atoms. The van der Waals surface area contributed by atoms with Crippen LogP contribution in [-0.2, 0) is 0 Å². The smallest absolute Gasteiger partial charge is 0.119 e. The molecule has 0 bridgehead atoms. The summed E-state index contributed by atoms with van der Waals surface area (Å²) in [5.74, 6) is 1.47. The summed E-state index contributed by atoms with van der Waals surface area (Å²) in [6, 6.07) is 16.4. The van der Waals surface area contributed by atoms with Gasteiger partial charge in [0.25, 0.3) is 0 Å². The molecule has 4 rings (SSSR count). The molecular formula is C24H31N3O2. The van der Waals surface area contributed by atoms with Gasteiger partial charge in [0.05, 0.1) is 13.2 Å². The van der Waals surface area contributed by atoms with Crippen molar-refractivity contribution in [1.82, 2.24) is 9.88 Å². The number of nitrogens with zero attached hydrogens (tertiary/aromatic N) is 1. The largest absolute Gasteiger partial charge is 0.497 e. The lowest BCUT2D eigenvalue weighted by Crippen LogP contribution is -2.35.